The fourth-order valence-electron chi connectivity index (χ4n) is 5.81. The van der Waals surface area contributed by atoms with E-state index in [1.165, 1.54) is 11.8 Å². The van der Waals surface area contributed by atoms with Gasteiger partial charge in [0.2, 0.25) is 11.8 Å². The standard InChI is InChI=1S/C22H35F3N2O3/c1-3-17-6-10-26(18(28)12-17)15-21(30)9-11-27(14-20(21)7-4-5-8-20)19(29)16(2)13-22(23,24)25/h16-17,30H,3-15H2,1-2H3. The molecule has 8 heteroatoms. The summed E-state index contributed by atoms with van der Waals surface area (Å²) in [5.74, 6) is -1.13. The van der Waals surface area contributed by atoms with Gasteiger partial charge in [-0.05, 0) is 31.6 Å². The summed E-state index contributed by atoms with van der Waals surface area (Å²) in [6.45, 7) is 4.84. The zero-order valence-corrected chi connectivity index (χ0v) is 18.1. The lowest BCUT2D eigenvalue weighted by Crippen LogP contribution is -2.65. The normalized spacial score (nSPS) is 30.7. The first-order chi connectivity index (χ1) is 14.0. The van der Waals surface area contributed by atoms with Gasteiger partial charge >= 0.3 is 6.18 Å². The highest BCUT2D eigenvalue weighted by Crippen LogP contribution is 2.51. The molecule has 3 rings (SSSR count). The van der Waals surface area contributed by atoms with E-state index in [-0.39, 0.29) is 25.5 Å². The first-order valence-corrected chi connectivity index (χ1v) is 11.3. The van der Waals surface area contributed by atoms with Crippen LogP contribution in [-0.2, 0) is 9.59 Å². The number of nitrogens with zero attached hydrogens (tertiary/aromatic N) is 2. The van der Waals surface area contributed by atoms with Crippen LogP contribution in [0.25, 0.3) is 0 Å². The Balaban J connectivity index is 1.72. The van der Waals surface area contributed by atoms with Crippen LogP contribution in [0, 0.1) is 17.3 Å². The van der Waals surface area contributed by atoms with Gasteiger partial charge in [-0.1, -0.05) is 33.1 Å². The van der Waals surface area contributed by atoms with Gasteiger partial charge in [-0.15, -0.1) is 0 Å². The van der Waals surface area contributed by atoms with Crippen molar-refractivity contribution in [3.8, 4) is 0 Å². The van der Waals surface area contributed by atoms with Crippen LogP contribution in [0.15, 0.2) is 0 Å². The van der Waals surface area contributed by atoms with Crippen molar-refractivity contribution in [1.29, 1.82) is 0 Å². The number of halogens is 3. The highest BCUT2D eigenvalue weighted by Gasteiger charge is 2.56. The van der Waals surface area contributed by atoms with Crippen LogP contribution in [0.4, 0.5) is 13.2 Å². The second kappa shape index (κ2) is 8.67. The van der Waals surface area contributed by atoms with Crippen molar-refractivity contribution in [2.45, 2.75) is 83.4 Å². The summed E-state index contributed by atoms with van der Waals surface area (Å²) in [6, 6.07) is 0. The number of carbonyl (C=O) groups excluding carboxylic acids is 2. The van der Waals surface area contributed by atoms with Crippen LogP contribution in [0.5, 0.6) is 0 Å². The van der Waals surface area contributed by atoms with Gasteiger partial charge < -0.3 is 14.9 Å². The molecule has 1 spiro atoms. The van der Waals surface area contributed by atoms with E-state index in [9.17, 15) is 27.9 Å². The molecule has 0 bridgehead atoms. The Morgan fingerprint density at radius 3 is 2.47 bits per heavy atom. The first kappa shape index (κ1) is 23.4. The van der Waals surface area contributed by atoms with Crippen molar-refractivity contribution in [2.24, 2.45) is 17.3 Å². The van der Waals surface area contributed by atoms with Gasteiger partial charge in [-0.25, -0.2) is 0 Å². The van der Waals surface area contributed by atoms with E-state index in [4.69, 9.17) is 0 Å². The molecule has 2 aliphatic heterocycles. The molecule has 2 amide bonds. The molecule has 5 nitrogen and oxygen atoms in total. The zero-order valence-electron chi connectivity index (χ0n) is 18.1. The Morgan fingerprint density at radius 1 is 1.23 bits per heavy atom. The third-order valence-electron chi connectivity index (χ3n) is 7.76. The van der Waals surface area contributed by atoms with Gasteiger partial charge in [0, 0.05) is 37.4 Å². The van der Waals surface area contributed by atoms with E-state index in [1.54, 1.807) is 4.90 Å². The Hall–Kier alpha value is -1.31. The number of rotatable bonds is 5. The van der Waals surface area contributed by atoms with Crippen LogP contribution in [0.1, 0.15) is 71.6 Å². The minimum absolute atomic E-state index is 0.0759. The van der Waals surface area contributed by atoms with Gasteiger partial charge in [0.25, 0.3) is 0 Å². The second-order valence-electron chi connectivity index (χ2n) is 9.83. The molecule has 1 aliphatic carbocycles. The Labute approximate surface area is 177 Å². The maximum absolute atomic E-state index is 12.8. The van der Waals surface area contributed by atoms with Gasteiger partial charge in [0.1, 0.15) is 0 Å². The predicted molar refractivity (Wildman–Crippen MR) is 106 cm³/mol. The summed E-state index contributed by atoms with van der Waals surface area (Å²) < 4.78 is 38.3. The highest BCUT2D eigenvalue weighted by molar-refractivity contribution is 5.79. The molecule has 0 aromatic heterocycles. The maximum atomic E-state index is 12.8. The lowest BCUT2D eigenvalue weighted by atomic mass is 9.65. The van der Waals surface area contributed by atoms with Crippen molar-refractivity contribution >= 4 is 11.8 Å². The number of likely N-dealkylation sites (tertiary alicyclic amines) is 2. The zero-order chi connectivity index (χ0) is 22.2. The Morgan fingerprint density at radius 2 is 1.90 bits per heavy atom. The van der Waals surface area contributed by atoms with Crippen LogP contribution >= 0.6 is 0 Å². The summed E-state index contributed by atoms with van der Waals surface area (Å²) in [5, 5.41) is 11.7. The fourth-order valence-corrected chi connectivity index (χ4v) is 5.81. The van der Waals surface area contributed by atoms with E-state index in [0.717, 1.165) is 38.5 Å². The molecular weight excluding hydrogens is 397 g/mol. The molecule has 0 radical (unpaired) electrons. The average Bonchev–Trinajstić information content (AvgIpc) is 3.14. The van der Waals surface area contributed by atoms with Crippen molar-refractivity contribution in [2.75, 3.05) is 26.2 Å². The molecule has 0 aromatic rings. The molecule has 3 atom stereocenters. The van der Waals surface area contributed by atoms with E-state index >= 15 is 0 Å². The molecule has 0 aromatic carbocycles. The van der Waals surface area contributed by atoms with Crippen LogP contribution < -0.4 is 0 Å². The van der Waals surface area contributed by atoms with Gasteiger partial charge in [0.05, 0.1) is 18.6 Å². The van der Waals surface area contributed by atoms with E-state index < -0.39 is 35.4 Å². The van der Waals surface area contributed by atoms with E-state index in [2.05, 4.69) is 6.92 Å². The number of hydrogen-bond acceptors (Lipinski definition) is 3. The molecule has 1 N–H and O–H groups in total. The van der Waals surface area contributed by atoms with Crippen molar-refractivity contribution in [3.05, 3.63) is 0 Å². The van der Waals surface area contributed by atoms with Crippen LogP contribution in [-0.4, -0.2) is 64.7 Å². The van der Waals surface area contributed by atoms with E-state index in [0.29, 0.717) is 25.3 Å². The summed E-state index contributed by atoms with van der Waals surface area (Å²) in [5.41, 5.74) is -1.64. The third-order valence-corrected chi connectivity index (χ3v) is 7.76. The molecule has 1 saturated carbocycles. The van der Waals surface area contributed by atoms with Crippen molar-refractivity contribution < 1.29 is 27.9 Å². The molecule has 3 fully saturated rings. The summed E-state index contributed by atoms with van der Waals surface area (Å²) >= 11 is 0. The molecule has 30 heavy (non-hydrogen) atoms. The topological polar surface area (TPSA) is 60.9 Å². The van der Waals surface area contributed by atoms with Gasteiger partial charge in [0.15, 0.2) is 0 Å². The fraction of sp³-hybridized carbons (Fsp3) is 0.909. The van der Waals surface area contributed by atoms with Crippen LogP contribution in [0.2, 0.25) is 0 Å². The molecule has 2 heterocycles. The minimum atomic E-state index is -4.37. The monoisotopic (exact) mass is 432 g/mol. The smallest absolute Gasteiger partial charge is 0.387 e. The summed E-state index contributed by atoms with van der Waals surface area (Å²) in [6.07, 6.45) is 0.551. The lowest BCUT2D eigenvalue weighted by Gasteiger charge is -2.54. The maximum Gasteiger partial charge on any atom is 0.389 e. The number of amides is 2. The van der Waals surface area contributed by atoms with Gasteiger partial charge in [-0.3, -0.25) is 9.59 Å². The number of piperidine rings is 2. The quantitative estimate of drug-likeness (QED) is 0.720. The Bertz CT molecular complexity index is 648. The molecule has 3 unspecified atom stereocenters. The van der Waals surface area contributed by atoms with E-state index in [1.807, 2.05) is 0 Å². The lowest BCUT2D eigenvalue weighted by molar-refractivity contribution is -0.176. The Kier molecular flexibility index (Phi) is 6.75. The van der Waals surface area contributed by atoms with Crippen LogP contribution in [0.3, 0.4) is 0 Å². The minimum Gasteiger partial charge on any atom is -0.387 e. The first-order valence-electron chi connectivity index (χ1n) is 11.3. The van der Waals surface area contributed by atoms with Crippen molar-refractivity contribution in [1.82, 2.24) is 9.80 Å². The SMILES string of the molecule is CCC1CCN(CC2(O)CCN(C(=O)C(C)CC(F)(F)F)CC23CCCC3)C(=O)C1. The third kappa shape index (κ3) is 4.78. The number of carbonyl (C=O) groups is 2. The molecule has 3 aliphatic rings. The molecule has 172 valence electrons. The van der Waals surface area contributed by atoms with Crippen molar-refractivity contribution in [3.63, 3.8) is 0 Å². The average molecular weight is 433 g/mol. The molecular formula is C22H35F3N2O3. The number of β-amino-alcohol motifs (C(OH)–C–C–N with tert-alkyl or cyclic N) is 1. The predicted octanol–water partition coefficient (Wildman–Crippen LogP) is 3.75. The number of alkyl halides is 3. The molecule has 2 saturated heterocycles. The second-order valence-corrected chi connectivity index (χ2v) is 9.83. The highest BCUT2D eigenvalue weighted by atomic mass is 19.4. The summed E-state index contributed by atoms with van der Waals surface area (Å²) in [7, 11) is 0. The summed E-state index contributed by atoms with van der Waals surface area (Å²) in [4.78, 5) is 28.6. The largest absolute Gasteiger partial charge is 0.389 e. The number of hydrogen-bond donors (Lipinski definition) is 1. The number of aliphatic hydroxyl groups is 1. The van der Waals surface area contributed by atoms with Gasteiger partial charge in [-0.2, -0.15) is 13.2 Å².